The third-order valence-electron chi connectivity index (χ3n) is 4.21. The van der Waals surface area contributed by atoms with Crippen molar-refractivity contribution in [2.45, 2.75) is 38.5 Å². The molecule has 138 valence electrons. The number of carbonyl (C=O) groups is 1. The molecule has 1 amide bonds. The van der Waals surface area contributed by atoms with Crippen LogP contribution >= 0.6 is 0 Å². The van der Waals surface area contributed by atoms with E-state index in [0.29, 0.717) is 12.2 Å². The highest BCUT2D eigenvalue weighted by Crippen LogP contribution is 2.20. The molecule has 0 fully saturated rings. The lowest BCUT2D eigenvalue weighted by Crippen LogP contribution is -2.35. The highest BCUT2D eigenvalue weighted by molar-refractivity contribution is 7.92. The first-order valence-corrected chi connectivity index (χ1v) is 10.4. The number of rotatable bonds is 8. The fourth-order valence-corrected chi connectivity index (χ4v) is 3.81. The van der Waals surface area contributed by atoms with E-state index < -0.39 is 15.8 Å². The number of hydrogen-bond donors (Lipinski definition) is 1. The van der Waals surface area contributed by atoms with Gasteiger partial charge in [-0.05, 0) is 56.4 Å². The topological polar surface area (TPSA) is 66.5 Å². The summed E-state index contributed by atoms with van der Waals surface area (Å²) in [4.78, 5) is 12.0. The lowest BCUT2D eigenvalue weighted by Gasteiger charge is -2.22. The summed E-state index contributed by atoms with van der Waals surface area (Å²) in [5.41, 5.74) is 1.74. The average molecular weight is 368 g/mol. The van der Waals surface area contributed by atoms with E-state index >= 15 is 0 Å². The van der Waals surface area contributed by atoms with Crippen LogP contribution in [0.3, 0.4) is 0 Å². The fraction of sp³-hybridized carbons (Fsp3) is 0.500. The van der Waals surface area contributed by atoms with Gasteiger partial charge in [-0.2, -0.15) is 0 Å². The van der Waals surface area contributed by atoms with Gasteiger partial charge in [0.25, 0.3) is 0 Å². The van der Waals surface area contributed by atoms with Crippen LogP contribution in [0.4, 0.5) is 10.1 Å². The molecule has 1 aromatic carbocycles. The molecule has 0 aliphatic heterocycles. The Balaban J connectivity index is 1.84. The van der Waals surface area contributed by atoms with Gasteiger partial charge in [-0.25, -0.2) is 12.8 Å². The number of carbonyl (C=O) groups excluding carboxylic acids is 1. The van der Waals surface area contributed by atoms with Crippen molar-refractivity contribution in [2.24, 2.45) is 0 Å². The van der Waals surface area contributed by atoms with Crippen molar-refractivity contribution in [3.8, 4) is 0 Å². The van der Waals surface area contributed by atoms with Gasteiger partial charge in [-0.1, -0.05) is 11.6 Å². The van der Waals surface area contributed by atoms with Crippen LogP contribution in [-0.4, -0.2) is 33.7 Å². The molecular formula is C18H25FN2O3S. The van der Waals surface area contributed by atoms with Crippen LogP contribution in [0.1, 0.15) is 38.5 Å². The van der Waals surface area contributed by atoms with E-state index in [0.717, 1.165) is 29.8 Å². The second kappa shape index (κ2) is 8.99. The van der Waals surface area contributed by atoms with E-state index in [2.05, 4.69) is 11.4 Å². The van der Waals surface area contributed by atoms with Gasteiger partial charge < -0.3 is 5.32 Å². The monoisotopic (exact) mass is 368 g/mol. The third kappa shape index (κ3) is 6.49. The summed E-state index contributed by atoms with van der Waals surface area (Å²) in [5.74, 6) is -0.626. The highest BCUT2D eigenvalue weighted by atomic mass is 32.2. The van der Waals surface area contributed by atoms with Gasteiger partial charge in [0.05, 0.1) is 11.9 Å². The third-order valence-corrected chi connectivity index (χ3v) is 5.40. The first-order valence-electron chi connectivity index (χ1n) is 8.54. The molecule has 0 saturated heterocycles. The predicted octanol–water partition coefficient (Wildman–Crippen LogP) is 2.99. The minimum absolute atomic E-state index is 0.0268. The van der Waals surface area contributed by atoms with Crippen molar-refractivity contribution in [2.75, 3.05) is 23.7 Å². The van der Waals surface area contributed by atoms with Gasteiger partial charge >= 0.3 is 0 Å². The number of halogens is 1. The molecule has 0 bridgehead atoms. The molecule has 0 unspecified atom stereocenters. The smallest absolute Gasteiger partial charge is 0.232 e. The van der Waals surface area contributed by atoms with Gasteiger partial charge in [0.15, 0.2) is 0 Å². The maximum atomic E-state index is 13.0. The molecule has 2 rings (SSSR count). The lowest BCUT2D eigenvalue weighted by atomic mass is 9.97. The number of nitrogens with one attached hydrogen (secondary N) is 1. The zero-order valence-corrected chi connectivity index (χ0v) is 15.3. The number of benzene rings is 1. The standard InChI is InChI=1S/C18H25FN2O3S/c1-25(23,24)21(17-9-7-16(19)8-10-17)14-12-18(22)20-13-11-15-5-3-2-4-6-15/h5,7-10H,2-4,6,11-14H2,1H3,(H,20,22). The molecule has 0 spiro atoms. The summed E-state index contributed by atoms with van der Waals surface area (Å²) >= 11 is 0. The van der Waals surface area contributed by atoms with E-state index in [1.54, 1.807) is 0 Å². The zero-order chi connectivity index (χ0) is 18.3. The van der Waals surface area contributed by atoms with Gasteiger partial charge in [-0.15, -0.1) is 0 Å². The fourth-order valence-electron chi connectivity index (χ4n) is 2.88. The maximum Gasteiger partial charge on any atom is 0.232 e. The first kappa shape index (κ1) is 19.4. The molecule has 5 nitrogen and oxygen atoms in total. The van der Waals surface area contributed by atoms with Crippen LogP contribution in [0.2, 0.25) is 0 Å². The summed E-state index contributed by atoms with van der Waals surface area (Å²) in [5, 5.41) is 2.84. The van der Waals surface area contributed by atoms with Crippen LogP contribution in [0.5, 0.6) is 0 Å². The molecule has 25 heavy (non-hydrogen) atoms. The molecule has 0 aromatic heterocycles. The van der Waals surface area contributed by atoms with Gasteiger partial charge in [0.1, 0.15) is 5.82 Å². The van der Waals surface area contributed by atoms with Crippen LogP contribution in [0.25, 0.3) is 0 Å². The molecular weight excluding hydrogens is 343 g/mol. The number of nitrogens with zero attached hydrogens (tertiary/aromatic N) is 1. The van der Waals surface area contributed by atoms with Crippen molar-refractivity contribution >= 4 is 21.6 Å². The number of anilines is 1. The van der Waals surface area contributed by atoms with E-state index in [9.17, 15) is 17.6 Å². The zero-order valence-electron chi connectivity index (χ0n) is 14.5. The Morgan fingerprint density at radius 1 is 1.24 bits per heavy atom. The molecule has 0 heterocycles. The minimum atomic E-state index is -3.54. The first-order chi connectivity index (χ1) is 11.9. The molecule has 1 aliphatic carbocycles. The Morgan fingerprint density at radius 2 is 1.96 bits per heavy atom. The van der Waals surface area contributed by atoms with Crippen molar-refractivity contribution in [1.29, 1.82) is 0 Å². The molecule has 1 N–H and O–H groups in total. The second-order valence-electron chi connectivity index (χ2n) is 6.27. The average Bonchev–Trinajstić information content (AvgIpc) is 2.56. The number of hydrogen-bond acceptors (Lipinski definition) is 3. The van der Waals surface area contributed by atoms with Gasteiger partial charge in [0, 0.05) is 19.5 Å². The van der Waals surface area contributed by atoms with Crippen molar-refractivity contribution in [3.63, 3.8) is 0 Å². The quantitative estimate of drug-likeness (QED) is 0.718. The molecule has 1 aliphatic rings. The van der Waals surface area contributed by atoms with E-state index in [1.165, 1.54) is 42.7 Å². The molecule has 0 saturated carbocycles. The highest BCUT2D eigenvalue weighted by Gasteiger charge is 2.18. The van der Waals surface area contributed by atoms with Crippen LogP contribution in [0, 0.1) is 5.82 Å². The number of allylic oxidation sites excluding steroid dienone is 1. The SMILES string of the molecule is CS(=O)(=O)N(CCC(=O)NCCC1=CCCCC1)c1ccc(F)cc1. The summed E-state index contributed by atoms with van der Waals surface area (Å²) in [7, 11) is -3.54. The number of amides is 1. The lowest BCUT2D eigenvalue weighted by molar-refractivity contribution is -0.120. The van der Waals surface area contributed by atoms with Crippen LogP contribution in [-0.2, 0) is 14.8 Å². The predicted molar refractivity (Wildman–Crippen MR) is 97.4 cm³/mol. The molecule has 1 aromatic rings. The number of sulfonamides is 1. The molecule has 7 heteroatoms. The summed E-state index contributed by atoms with van der Waals surface area (Å²) < 4.78 is 38.0. The molecule has 0 radical (unpaired) electrons. The largest absolute Gasteiger partial charge is 0.356 e. The van der Waals surface area contributed by atoms with Crippen LogP contribution < -0.4 is 9.62 Å². The van der Waals surface area contributed by atoms with Crippen molar-refractivity contribution in [3.05, 3.63) is 41.7 Å². The normalized spacial score (nSPS) is 14.7. The van der Waals surface area contributed by atoms with E-state index in [4.69, 9.17) is 0 Å². The summed E-state index contributed by atoms with van der Waals surface area (Å²) in [6.07, 6.45) is 8.89. The summed E-state index contributed by atoms with van der Waals surface area (Å²) in [6.45, 7) is 0.596. The minimum Gasteiger partial charge on any atom is -0.356 e. The molecule has 0 atom stereocenters. The Bertz CT molecular complexity index is 714. The Labute approximate surface area is 149 Å². The maximum absolute atomic E-state index is 13.0. The Hall–Kier alpha value is -1.89. The van der Waals surface area contributed by atoms with Gasteiger partial charge in [0.2, 0.25) is 15.9 Å². The second-order valence-corrected chi connectivity index (χ2v) is 8.18. The van der Waals surface area contributed by atoms with Gasteiger partial charge in [-0.3, -0.25) is 9.10 Å². The van der Waals surface area contributed by atoms with Crippen molar-refractivity contribution < 1.29 is 17.6 Å². The van der Waals surface area contributed by atoms with Crippen LogP contribution in [0.15, 0.2) is 35.9 Å². The Kier molecular flexibility index (Phi) is 6.99. The summed E-state index contributed by atoms with van der Waals surface area (Å²) in [6, 6.07) is 5.19. The Morgan fingerprint density at radius 3 is 2.56 bits per heavy atom. The van der Waals surface area contributed by atoms with Crippen molar-refractivity contribution in [1.82, 2.24) is 5.32 Å². The van der Waals surface area contributed by atoms with E-state index in [1.807, 2.05) is 0 Å². The van der Waals surface area contributed by atoms with E-state index in [-0.39, 0.29) is 18.9 Å².